The van der Waals surface area contributed by atoms with Gasteiger partial charge in [-0.05, 0) is 61.2 Å². The van der Waals surface area contributed by atoms with Gasteiger partial charge in [-0.15, -0.1) is 0 Å². The first kappa shape index (κ1) is 19.4. The molecule has 1 saturated heterocycles. The number of hydrogen-bond donors (Lipinski definition) is 1. The van der Waals surface area contributed by atoms with Gasteiger partial charge < -0.3 is 15.1 Å². The van der Waals surface area contributed by atoms with E-state index in [0.717, 1.165) is 50.3 Å². The van der Waals surface area contributed by atoms with E-state index in [1.165, 1.54) is 12.1 Å². The van der Waals surface area contributed by atoms with Crippen LogP contribution in [-0.2, 0) is 11.2 Å². The zero-order chi connectivity index (χ0) is 20.2. The lowest BCUT2D eigenvalue weighted by atomic mass is 10.1. The zero-order valence-electron chi connectivity index (χ0n) is 16.4. The van der Waals surface area contributed by atoms with Crippen molar-refractivity contribution in [2.24, 2.45) is 5.92 Å². The Bertz CT molecular complexity index is 855. The molecule has 1 heterocycles. The van der Waals surface area contributed by atoms with Crippen molar-refractivity contribution in [2.75, 3.05) is 37.6 Å². The molecule has 0 spiro atoms. The summed E-state index contributed by atoms with van der Waals surface area (Å²) in [5, 5.41) is 2.91. The van der Waals surface area contributed by atoms with E-state index in [1.807, 2.05) is 29.2 Å². The largest absolute Gasteiger partial charge is 0.368 e. The van der Waals surface area contributed by atoms with E-state index in [2.05, 4.69) is 10.2 Å². The van der Waals surface area contributed by atoms with Crippen molar-refractivity contribution in [1.82, 2.24) is 10.2 Å². The highest BCUT2D eigenvalue weighted by atomic mass is 19.1. The minimum Gasteiger partial charge on any atom is -0.368 e. The Morgan fingerprint density at radius 3 is 2.21 bits per heavy atom. The second-order valence-corrected chi connectivity index (χ2v) is 7.77. The number of benzene rings is 2. The molecule has 152 valence electrons. The Morgan fingerprint density at radius 1 is 0.931 bits per heavy atom. The summed E-state index contributed by atoms with van der Waals surface area (Å²) >= 11 is 0. The molecule has 5 nitrogen and oxygen atoms in total. The first-order chi connectivity index (χ1) is 14.1. The first-order valence-electron chi connectivity index (χ1n) is 10.3. The fourth-order valence-electron chi connectivity index (χ4n) is 3.67. The van der Waals surface area contributed by atoms with Gasteiger partial charge in [-0.3, -0.25) is 9.59 Å². The van der Waals surface area contributed by atoms with Crippen LogP contribution in [0.3, 0.4) is 0 Å². The first-order valence-corrected chi connectivity index (χ1v) is 10.3. The molecule has 29 heavy (non-hydrogen) atoms. The number of carbonyl (C=O) groups excluding carboxylic acids is 2. The second kappa shape index (κ2) is 8.64. The summed E-state index contributed by atoms with van der Waals surface area (Å²) in [6.07, 6.45) is 2.76. The molecule has 2 aliphatic rings. The number of amides is 2. The van der Waals surface area contributed by atoms with Gasteiger partial charge in [0.05, 0.1) is 0 Å². The molecule has 6 heteroatoms. The van der Waals surface area contributed by atoms with Gasteiger partial charge >= 0.3 is 0 Å². The molecule has 1 aliphatic carbocycles. The maximum atomic E-state index is 12.9. The van der Waals surface area contributed by atoms with Crippen LogP contribution in [0.15, 0.2) is 48.5 Å². The van der Waals surface area contributed by atoms with E-state index in [1.54, 1.807) is 12.1 Å². The summed E-state index contributed by atoms with van der Waals surface area (Å²) < 4.78 is 12.9. The quantitative estimate of drug-likeness (QED) is 0.818. The van der Waals surface area contributed by atoms with Crippen LogP contribution >= 0.6 is 0 Å². The van der Waals surface area contributed by atoms with Crippen molar-refractivity contribution in [3.63, 3.8) is 0 Å². The van der Waals surface area contributed by atoms with Crippen molar-refractivity contribution < 1.29 is 14.0 Å². The highest BCUT2D eigenvalue weighted by molar-refractivity contribution is 5.94. The zero-order valence-corrected chi connectivity index (χ0v) is 16.4. The van der Waals surface area contributed by atoms with Crippen molar-refractivity contribution in [3.05, 3.63) is 65.5 Å². The Kier molecular flexibility index (Phi) is 5.79. The maximum Gasteiger partial charge on any atom is 0.251 e. The Hall–Kier alpha value is -2.89. The fraction of sp³-hybridized carbons (Fsp3) is 0.391. The lowest BCUT2D eigenvalue weighted by Gasteiger charge is -2.36. The van der Waals surface area contributed by atoms with Gasteiger partial charge in [0.2, 0.25) is 5.91 Å². The van der Waals surface area contributed by atoms with E-state index < -0.39 is 0 Å². The average molecular weight is 395 g/mol. The molecule has 2 amide bonds. The van der Waals surface area contributed by atoms with Crippen LogP contribution in [0.1, 0.15) is 28.8 Å². The van der Waals surface area contributed by atoms with Crippen molar-refractivity contribution in [2.45, 2.75) is 19.3 Å². The van der Waals surface area contributed by atoms with E-state index in [-0.39, 0.29) is 17.6 Å². The molecule has 0 unspecified atom stereocenters. The SMILES string of the molecule is O=C(NCCc1ccc(F)cc1)c1ccc(N2CCN(C(=O)C3CC3)CC2)cc1. The number of piperazine rings is 1. The van der Waals surface area contributed by atoms with Crippen molar-refractivity contribution >= 4 is 17.5 Å². The lowest BCUT2D eigenvalue weighted by molar-refractivity contribution is -0.132. The number of nitrogens with zero attached hydrogens (tertiary/aromatic N) is 2. The predicted octanol–water partition coefficient (Wildman–Crippen LogP) is 2.86. The van der Waals surface area contributed by atoms with Crippen LogP contribution in [0.25, 0.3) is 0 Å². The molecule has 1 N–H and O–H groups in total. The molecule has 4 rings (SSSR count). The Labute approximate surface area is 170 Å². The number of nitrogens with one attached hydrogen (secondary N) is 1. The highest BCUT2D eigenvalue weighted by Crippen LogP contribution is 2.31. The third-order valence-corrected chi connectivity index (χ3v) is 5.63. The van der Waals surface area contributed by atoms with Crippen LogP contribution in [0.5, 0.6) is 0 Å². The van der Waals surface area contributed by atoms with Gasteiger partial charge in [0.15, 0.2) is 0 Å². The van der Waals surface area contributed by atoms with E-state index in [9.17, 15) is 14.0 Å². The molecule has 0 bridgehead atoms. The van der Waals surface area contributed by atoms with E-state index >= 15 is 0 Å². The third kappa shape index (κ3) is 4.94. The monoisotopic (exact) mass is 395 g/mol. The van der Waals surface area contributed by atoms with Crippen LogP contribution in [0.4, 0.5) is 10.1 Å². The predicted molar refractivity (Wildman–Crippen MR) is 110 cm³/mol. The van der Waals surface area contributed by atoms with Gasteiger partial charge in [0.25, 0.3) is 5.91 Å². The van der Waals surface area contributed by atoms with Gasteiger partial charge in [0.1, 0.15) is 5.82 Å². The van der Waals surface area contributed by atoms with Gasteiger partial charge in [-0.2, -0.15) is 0 Å². The number of carbonyl (C=O) groups is 2. The van der Waals surface area contributed by atoms with Gasteiger partial charge in [-0.1, -0.05) is 12.1 Å². The van der Waals surface area contributed by atoms with E-state index in [4.69, 9.17) is 0 Å². The second-order valence-electron chi connectivity index (χ2n) is 7.77. The number of halogens is 1. The van der Waals surface area contributed by atoms with E-state index in [0.29, 0.717) is 24.4 Å². The highest BCUT2D eigenvalue weighted by Gasteiger charge is 2.34. The maximum absolute atomic E-state index is 12.9. The molecule has 0 atom stereocenters. The summed E-state index contributed by atoms with van der Waals surface area (Å²) in [6, 6.07) is 13.9. The molecule has 2 aromatic carbocycles. The minimum atomic E-state index is -0.256. The van der Waals surface area contributed by atoms with Gasteiger partial charge in [0, 0.05) is 49.9 Å². The lowest BCUT2D eigenvalue weighted by Crippen LogP contribution is -2.49. The van der Waals surface area contributed by atoms with Gasteiger partial charge in [-0.25, -0.2) is 4.39 Å². The number of hydrogen-bond acceptors (Lipinski definition) is 3. The van der Waals surface area contributed by atoms with Crippen LogP contribution in [0, 0.1) is 11.7 Å². The molecular formula is C23H26FN3O2. The summed E-state index contributed by atoms with van der Waals surface area (Å²) in [4.78, 5) is 28.7. The number of rotatable bonds is 6. The Balaban J connectivity index is 1.24. The topological polar surface area (TPSA) is 52.7 Å². The molecule has 1 saturated carbocycles. The minimum absolute atomic E-state index is 0.112. The van der Waals surface area contributed by atoms with Crippen LogP contribution < -0.4 is 10.2 Å². The van der Waals surface area contributed by atoms with Crippen LogP contribution in [0.2, 0.25) is 0 Å². The summed E-state index contributed by atoms with van der Waals surface area (Å²) in [7, 11) is 0. The summed E-state index contributed by atoms with van der Waals surface area (Å²) in [5.41, 5.74) is 2.68. The summed E-state index contributed by atoms with van der Waals surface area (Å²) in [5.74, 6) is 0.229. The normalized spacial score (nSPS) is 16.6. The standard InChI is InChI=1S/C23H26FN3O2/c24-20-7-1-17(2-8-20)11-12-25-22(28)18-5-9-21(10-6-18)26-13-15-27(16-14-26)23(29)19-3-4-19/h1-2,5-10,19H,3-4,11-16H2,(H,25,28). The smallest absolute Gasteiger partial charge is 0.251 e. The fourth-order valence-corrected chi connectivity index (χ4v) is 3.67. The molecule has 0 radical (unpaired) electrons. The molecule has 2 fully saturated rings. The Morgan fingerprint density at radius 2 is 1.59 bits per heavy atom. The van der Waals surface area contributed by atoms with Crippen molar-refractivity contribution in [3.8, 4) is 0 Å². The number of anilines is 1. The molecule has 2 aromatic rings. The summed E-state index contributed by atoms with van der Waals surface area (Å²) in [6.45, 7) is 3.68. The molecule has 0 aromatic heterocycles. The molecular weight excluding hydrogens is 369 g/mol. The van der Waals surface area contributed by atoms with Crippen LogP contribution in [-0.4, -0.2) is 49.4 Å². The average Bonchev–Trinajstić information content (AvgIpc) is 3.60. The third-order valence-electron chi connectivity index (χ3n) is 5.63. The van der Waals surface area contributed by atoms with Crippen molar-refractivity contribution in [1.29, 1.82) is 0 Å². The molecule has 1 aliphatic heterocycles.